The lowest BCUT2D eigenvalue weighted by Crippen LogP contribution is -2.37. The predicted molar refractivity (Wildman–Crippen MR) is 122 cm³/mol. The molecule has 0 spiro atoms. The summed E-state index contributed by atoms with van der Waals surface area (Å²) >= 11 is 1.35. The van der Waals surface area contributed by atoms with E-state index in [2.05, 4.69) is 16.9 Å². The van der Waals surface area contributed by atoms with Gasteiger partial charge < -0.3 is 15.2 Å². The highest BCUT2D eigenvalue weighted by Crippen LogP contribution is 2.34. The molecule has 0 aliphatic heterocycles. The highest BCUT2D eigenvalue weighted by molar-refractivity contribution is 7.16. The van der Waals surface area contributed by atoms with E-state index in [1.807, 2.05) is 19.1 Å². The van der Waals surface area contributed by atoms with Gasteiger partial charge in [0.15, 0.2) is 5.60 Å². The van der Waals surface area contributed by atoms with Gasteiger partial charge in [-0.2, -0.15) is 13.2 Å². The number of aliphatic carboxylic acids is 1. The van der Waals surface area contributed by atoms with Gasteiger partial charge in [-0.1, -0.05) is 30.8 Å². The van der Waals surface area contributed by atoms with Crippen LogP contribution in [0.15, 0.2) is 55.1 Å². The van der Waals surface area contributed by atoms with E-state index in [9.17, 15) is 18.0 Å². The Hall–Kier alpha value is -3.33. The highest BCUT2D eigenvalue weighted by atomic mass is 32.1. The summed E-state index contributed by atoms with van der Waals surface area (Å²) < 4.78 is 43.8. The Morgan fingerprint density at radius 1 is 1.12 bits per heavy atom. The number of carboxylic acids is 1. The Balaban J connectivity index is 1.64. The van der Waals surface area contributed by atoms with Crippen molar-refractivity contribution in [3.63, 3.8) is 0 Å². The van der Waals surface area contributed by atoms with Crippen molar-refractivity contribution in [1.82, 2.24) is 10.3 Å². The highest BCUT2D eigenvalue weighted by Gasteiger charge is 2.30. The first-order valence-corrected chi connectivity index (χ1v) is 10.8. The number of hydrogen-bond donors (Lipinski definition) is 2. The molecule has 1 aromatic heterocycles. The average molecular weight is 477 g/mol. The lowest BCUT2D eigenvalue weighted by Gasteiger charge is -2.21. The van der Waals surface area contributed by atoms with E-state index >= 15 is 0 Å². The molecule has 0 aliphatic rings. The molecule has 0 saturated carbocycles. The second kappa shape index (κ2) is 9.27. The maximum absolute atomic E-state index is 12.8. The summed E-state index contributed by atoms with van der Waals surface area (Å²) in [5.41, 5.74) is 0.885. The zero-order valence-corrected chi connectivity index (χ0v) is 19.1. The lowest BCUT2D eigenvalue weighted by molar-refractivity contribution is -0.152. The molecule has 0 bridgehead atoms. The van der Waals surface area contributed by atoms with Crippen LogP contribution in [0.1, 0.15) is 35.5 Å². The van der Waals surface area contributed by atoms with Gasteiger partial charge in [0.25, 0.3) is 0 Å². The number of nitrogens with zero attached hydrogens (tertiary/aromatic N) is 1. The lowest BCUT2D eigenvalue weighted by atomic mass is 10.1. The average Bonchev–Trinajstić information content (AvgIpc) is 3.14. The van der Waals surface area contributed by atoms with E-state index in [1.165, 1.54) is 37.3 Å². The number of carbonyl (C=O) groups is 1. The molecule has 174 valence electrons. The van der Waals surface area contributed by atoms with Gasteiger partial charge in [-0.05, 0) is 50.6 Å². The number of aryl methyl sites for hydroxylation is 1. The zero-order valence-electron chi connectivity index (χ0n) is 18.3. The summed E-state index contributed by atoms with van der Waals surface area (Å²) in [6, 6.07) is 12.0. The second-order valence-electron chi connectivity index (χ2n) is 7.90. The van der Waals surface area contributed by atoms with Crippen LogP contribution in [0, 0.1) is 6.92 Å². The number of thiazole rings is 1. The molecule has 0 amide bonds. The smallest absolute Gasteiger partial charge is 0.416 e. The Bertz CT molecular complexity index is 1150. The predicted octanol–water partition coefficient (Wildman–Crippen LogP) is 6.14. The van der Waals surface area contributed by atoms with Gasteiger partial charge in [0, 0.05) is 17.8 Å². The first-order valence-electron chi connectivity index (χ1n) is 9.96. The molecule has 5 nitrogen and oxygen atoms in total. The molecule has 0 unspecified atom stereocenters. The fraction of sp³-hybridized carbons (Fsp3) is 0.250. The maximum atomic E-state index is 12.8. The largest absolute Gasteiger partial charge is 0.478 e. The first kappa shape index (κ1) is 24.3. The fourth-order valence-corrected chi connectivity index (χ4v) is 3.92. The van der Waals surface area contributed by atoms with Crippen molar-refractivity contribution in [1.29, 1.82) is 0 Å². The molecule has 0 saturated heterocycles. The van der Waals surface area contributed by atoms with Crippen LogP contribution in [0.5, 0.6) is 5.75 Å². The van der Waals surface area contributed by atoms with Crippen molar-refractivity contribution in [2.24, 2.45) is 0 Å². The van der Waals surface area contributed by atoms with Gasteiger partial charge in [0.05, 0.1) is 16.1 Å². The van der Waals surface area contributed by atoms with E-state index in [0.717, 1.165) is 28.3 Å². The van der Waals surface area contributed by atoms with Gasteiger partial charge in [0.2, 0.25) is 0 Å². The minimum Gasteiger partial charge on any atom is -0.478 e. The van der Waals surface area contributed by atoms with E-state index in [4.69, 9.17) is 9.84 Å². The number of rotatable bonds is 8. The summed E-state index contributed by atoms with van der Waals surface area (Å²) in [6.07, 6.45) is -4.38. The summed E-state index contributed by atoms with van der Waals surface area (Å²) in [6.45, 7) is 9.30. The second-order valence-corrected chi connectivity index (χ2v) is 8.90. The molecule has 3 aromatic rings. The van der Waals surface area contributed by atoms with Crippen LogP contribution < -0.4 is 10.1 Å². The molecule has 0 aliphatic carbocycles. The van der Waals surface area contributed by atoms with E-state index < -0.39 is 23.3 Å². The Kier molecular flexibility index (Phi) is 6.83. The Morgan fingerprint density at radius 3 is 2.27 bits per heavy atom. The topological polar surface area (TPSA) is 71.5 Å². The maximum Gasteiger partial charge on any atom is 0.416 e. The van der Waals surface area contributed by atoms with Crippen LogP contribution in [-0.2, 0) is 17.5 Å². The van der Waals surface area contributed by atoms with Crippen LogP contribution >= 0.6 is 11.3 Å². The molecular formula is C24H23F3N2O3S. The summed E-state index contributed by atoms with van der Waals surface area (Å²) in [5.74, 6) is -0.607. The van der Waals surface area contributed by atoms with Crippen LogP contribution in [0.25, 0.3) is 16.3 Å². The van der Waals surface area contributed by atoms with Crippen LogP contribution in [-0.4, -0.2) is 21.7 Å². The van der Waals surface area contributed by atoms with Crippen molar-refractivity contribution in [2.45, 2.75) is 39.1 Å². The molecule has 0 fully saturated rings. The number of hydrogen-bond acceptors (Lipinski definition) is 5. The minimum atomic E-state index is -4.38. The number of aromatic nitrogens is 1. The summed E-state index contributed by atoms with van der Waals surface area (Å²) in [7, 11) is 0. The molecule has 0 radical (unpaired) electrons. The molecule has 2 N–H and O–H groups in total. The number of carboxylic acid groups (broad SMARTS) is 1. The van der Waals surface area contributed by atoms with Crippen LogP contribution in [0.2, 0.25) is 0 Å². The van der Waals surface area contributed by atoms with Gasteiger partial charge in [-0.25, -0.2) is 9.78 Å². The van der Waals surface area contributed by atoms with Crippen molar-refractivity contribution in [2.75, 3.05) is 0 Å². The molecule has 1 heterocycles. The third-order valence-corrected chi connectivity index (χ3v) is 6.11. The third-order valence-electron chi connectivity index (χ3n) is 4.85. The SMILES string of the molecule is C=C(NCc1ccc(OC(C)(C)C(=O)O)cc1)c1sc(-c2ccc(C(F)(F)F)cc2)nc1C. The summed E-state index contributed by atoms with van der Waals surface area (Å²) in [4.78, 5) is 16.5. The molecule has 0 atom stereocenters. The van der Waals surface area contributed by atoms with E-state index in [0.29, 0.717) is 28.6 Å². The van der Waals surface area contributed by atoms with Gasteiger partial charge in [-0.15, -0.1) is 11.3 Å². The Labute approximate surface area is 193 Å². The molecule has 9 heteroatoms. The quantitative estimate of drug-likeness (QED) is 0.409. The van der Waals surface area contributed by atoms with Gasteiger partial charge in [0.1, 0.15) is 10.8 Å². The molecule has 2 aromatic carbocycles. The summed E-state index contributed by atoms with van der Waals surface area (Å²) in [5, 5.41) is 13.0. The molecule has 33 heavy (non-hydrogen) atoms. The number of halogens is 3. The third kappa shape index (κ3) is 5.92. The number of alkyl halides is 3. The van der Waals surface area contributed by atoms with Crippen molar-refractivity contribution < 1.29 is 27.8 Å². The van der Waals surface area contributed by atoms with E-state index in [1.54, 1.807) is 12.1 Å². The van der Waals surface area contributed by atoms with Crippen molar-refractivity contribution in [3.8, 4) is 16.3 Å². The Morgan fingerprint density at radius 2 is 1.73 bits per heavy atom. The van der Waals surface area contributed by atoms with Crippen molar-refractivity contribution >= 4 is 23.0 Å². The monoisotopic (exact) mass is 476 g/mol. The van der Waals surface area contributed by atoms with E-state index in [-0.39, 0.29) is 0 Å². The minimum absolute atomic E-state index is 0.449. The van der Waals surface area contributed by atoms with Crippen molar-refractivity contribution in [3.05, 3.63) is 76.8 Å². The number of nitrogens with one attached hydrogen (secondary N) is 1. The van der Waals surface area contributed by atoms with Gasteiger partial charge >= 0.3 is 12.1 Å². The first-order chi connectivity index (χ1) is 15.4. The molecular weight excluding hydrogens is 453 g/mol. The number of ether oxygens (including phenoxy) is 1. The fourth-order valence-electron chi connectivity index (χ4n) is 2.90. The normalized spacial score (nSPS) is 11.8. The molecule has 3 rings (SSSR count). The van der Waals surface area contributed by atoms with Crippen LogP contribution in [0.3, 0.4) is 0 Å². The van der Waals surface area contributed by atoms with Crippen LogP contribution in [0.4, 0.5) is 13.2 Å². The number of benzene rings is 2. The zero-order chi connectivity index (χ0) is 24.4. The van der Waals surface area contributed by atoms with Gasteiger partial charge in [-0.3, -0.25) is 0 Å². The standard InChI is InChI=1S/C24H23F3N2O3S/c1-14(28-13-16-5-11-19(12-6-16)32-23(3,4)22(30)31)20-15(2)29-21(33-20)17-7-9-18(10-8-17)24(25,26)27/h5-12,28H,1,13H2,2-4H3,(H,30,31).